The van der Waals surface area contributed by atoms with Gasteiger partial charge in [0.2, 0.25) is 0 Å². The van der Waals surface area contributed by atoms with Gasteiger partial charge < -0.3 is 10.5 Å². The molecule has 1 saturated heterocycles. The van der Waals surface area contributed by atoms with Gasteiger partial charge in [0, 0.05) is 24.4 Å². The van der Waals surface area contributed by atoms with E-state index in [0.29, 0.717) is 5.92 Å². The summed E-state index contributed by atoms with van der Waals surface area (Å²) >= 11 is 0. The van der Waals surface area contributed by atoms with Crippen LogP contribution in [0.15, 0.2) is 18.3 Å². The highest BCUT2D eigenvalue weighted by molar-refractivity contribution is 5.47. The van der Waals surface area contributed by atoms with Gasteiger partial charge >= 0.3 is 0 Å². The summed E-state index contributed by atoms with van der Waals surface area (Å²) < 4.78 is 7.30. The fourth-order valence-electron chi connectivity index (χ4n) is 1.94. The number of nitrogens with zero attached hydrogens (tertiary/aromatic N) is 3. The number of ether oxygens (including phenoxy) is 1. The van der Waals surface area contributed by atoms with E-state index < -0.39 is 0 Å². The van der Waals surface area contributed by atoms with Crippen molar-refractivity contribution in [1.82, 2.24) is 14.6 Å². The van der Waals surface area contributed by atoms with Crippen molar-refractivity contribution < 1.29 is 4.74 Å². The van der Waals surface area contributed by atoms with Crippen LogP contribution in [0.1, 0.15) is 18.2 Å². The van der Waals surface area contributed by atoms with Crippen molar-refractivity contribution >= 4 is 11.3 Å². The van der Waals surface area contributed by atoms with Gasteiger partial charge in [0.25, 0.3) is 0 Å². The lowest BCUT2D eigenvalue weighted by Crippen LogP contribution is -2.04. The number of hydrogen-bond donors (Lipinski definition) is 1. The van der Waals surface area contributed by atoms with Gasteiger partial charge in [0.15, 0.2) is 5.65 Å². The molecule has 2 N–H and O–H groups in total. The molecule has 78 valence electrons. The summed E-state index contributed by atoms with van der Waals surface area (Å²) in [6.45, 7) is 1.54. The Hall–Kier alpha value is -1.62. The van der Waals surface area contributed by atoms with Crippen LogP contribution in [0.3, 0.4) is 0 Å². The molecule has 0 saturated carbocycles. The minimum absolute atomic E-state index is 0.349. The van der Waals surface area contributed by atoms with Crippen LogP contribution >= 0.6 is 0 Å². The molecule has 1 atom stereocenters. The van der Waals surface area contributed by atoms with Crippen LogP contribution in [0.5, 0.6) is 0 Å². The minimum Gasteiger partial charge on any atom is -0.398 e. The monoisotopic (exact) mass is 204 g/mol. The van der Waals surface area contributed by atoms with Crippen molar-refractivity contribution in [1.29, 1.82) is 0 Å². The fourth-order valence-corrected chi connectivity index (χ4v) is 1.94. The molecule has 15 heavy (non-hydrogen) atoms. The number of pyridine rings is 1. The topological polar surface area (TPSA) is 65.4 Å². The van der Waals surface area contributed by atoms with E-state index in [1.165, 1.54) is 0 Å². The zero-order valence-corrected chi connectivity index (χ0v) is 8.26. The maximum atomic E-state index is 5.74. The third-order valence-corrected chi connectivity index (χ3v) is 2.75. The predicted molar refractivity (Wildman–Crippen MR) is 55.6 cm³/mol. The number of fused-ring (bicyclic) bond motifs is 1. The van der Waals surface area contributed by atoms with Crippen LogP contribution in [0.4, 0.5) is 5.69 Å². The van der Waals surface area contributed by atoms with Gasteiger partial charge in [0.05, 0.1) is 6.61 Å². The number of nitrogen functional groups attached to an aromatic ring is 1. The van der Waals surface area contributed by atoms with E-state index in [9.17, 15) is 0 Å². The Bertz CT molecular complexity index is 487. The molecule has 5 heteroatoms. The smallest absolute Gasteiger partial charge is 0.160 e. The number of nitrogens with two attached hydrogens (primary N) is 1. The zero-order valence-electron chi connectivity index (χ0n) is 8.26. The molecule has 0 radical (unpaired) electrons. The first-order chi connectivity index (χ1) is 7.34. The van der Waals surface area contributed by atoms with E-state index in [1.54, 1.807) is 0 Å². The maximum Gasteiger partial charge on any atom is 0.160 e. The van der Waals surface area contributed by atoms with Gasteiger partial charge in [-0.1, -0.05) is 0 Å². The van der Waals surface area contributed by atoms with Crippen LogP contribution in [-0.2, 0) is 4.74 Å². The molecular weight excluding hydrogens is 192 g/mol. The molecule has 5 nitrogen and oxygen atoms in total. The van der Waals surface area contributed by atoms with Crippen molar-refractivity contribution in [2.45, 2.75) is 12.3 Å². The SMILES string of the molecule is Nc1ccc2nnc(C3CCOC3)n2c1. The van der Waals surface area contributed by atoms with Crippen LogP contribution in [0.25, 0.3) is 5.65 Å². The molecule has 1 unspecified atom stereocenters. The van der Waals surface area contributed by atoms with Crippen molar-refractivity contribution in [3.8, 4) is 0 Å². The van der Waals surface area contributed by atoms with Crippen molar-refractivity contribution in [2.75, 3.05) is 18.9 Å². The van der Waals surface area contributed by atoms with E-state index in [4.69, 9.17) is 10.5 Å². The lowest BCUT2D eigenvalue weighted by molar-refractivity contribution is 0.193. The Labute approximate surface area is 86.9 Å². The van der Waals surface area contributed by atoms with Crippen LogP contribution in [0.2, 0.25) is 0 Å². The highest BCUT2D eigenvalue weighted by Gasteiger charge is 2.22. The first-order valence-electron chi connectivity index (χ1n) is 5.02. The predicted octanol–water partition coefficient (Wildman–Crippen LogP) is 0.815. The first kappa shape index (κ1) is 8.67. The fraction of sp³-hybridized carbons (Fsp3) is 0.400. The molecule has 0 bridgehead atoms. The summed E-state index contributed by atoms with van der Waals surface area (Å²) in [5.74, 6) is 1.30. The minimum atomic E-state index is 0.349. The molecule has 0 aromatic carbocycles. The summed E-state index contributed by atoms with van der Waals surface area (Å²) in [4.78, 5) is 0. The standard InChI is InChI=1S/C10H12N4O/c11-8-1-2-9-12-13-10(14(9)5-8)7-3-4-15-6-7/h1-2,5,7H,3-4,6,11H2. The molecule has 0 aliphatic carbocycles. The van der Waals surface area contributed by atoms with E-state index in [2.05, 4.69) is 10.2 Å². The van der Waals surface area contributed by atoms with E-state index in [0.717, 1.165) is 36.8 Å². The van der Waals surface area contributed by atoms with Gasteiger partial charge in [-0.05, 0) is 18.6 Å². The van der Waals surface area contributed by atoms with Gasteiger partial charge in [-0.3, -0.25) is 4.40 Å². The second-order valence-corrected chi connectivity index (χ2v) is 3.81. The number of aromatic nitrogens is 3. The van der Waals surface area contributed by atoms with Crippen LogP contribution < -0.4 is 5.73 Å². The Morgan fingerprint density at radius 3 is 3.13 bits per heavy atom. The first-order valence-corrected chi connectivity index (χ1v) is 5.02. The summed E-state index contributed by atoms with van der Waals surface area (Å²) in [5.41, 5.74) is 7.31. The Morgan fingerprint density at radius 2 is 2.33 bits per heavy atom. The number of hydrogen-bond acceptors (Lipinski definition) is 4. The molecule has 2 aromatic rings. The molecule has 0 amide bonds. The Balaban J connectivity index is 2.13. The summed E-state index contributed by atoms with van der Waals surface area (Å²) in [7, 11) is 0. The van der Waals surface area contributed by atoms with Gasteiger partial charge in [-0.2, -0.15) is 0 Å². The normalized spacial score (nSPS) is 21.2. The summed E-state index contributed by atoms with van der Waals surface area (Å²) in [5, 5.41) is 8.30. The van der Waals surface area contributed by atoms with Crippen molar-refractivity contribution in [2.24, 2.45) is 0 Å². The van der Waals surface area contributed by atoms with E-state index in [1.807, 2.05) is 22.7 Å². The van der Waals surface area contributed by atoms with Crippen molar-refractivity contribution in [3.05, 3.63) is 24.2 Å². The molecular formula is C10H12N4O. The summed E-state index contributed by atoms with van der Waals surface area (Å²) in [6.07, 6.45) is 2.87. The Morgan fingerprint density at radius 1 is 1.40 bits per heavy atom. The second kappa shape index (κ2) is 3.20. The van der Waals surface area contributed by atoms with Gasteiger partial charge in [-0.15, -0.1) is 10.2 Å². The highest BCUT2D eigenvalue weighted by Crippen LogP contribution is 2.24. The Kier molecular flexibility index (Phi) is 1.85. The van der Waals surface area contributed by atoms with E-state index >= 15 is 0 Å². The number of rotatable bonds is 1. The van der Waals surface area contributed by atoms with Crippen molar-refractivity contribution in [3.63, 3.8) is 0 Å². The average Bonchev–Trinajstić information content (AvgIpc) is 2.83. The third kappa shape index (κ3) is 1.35. The third-order valence-electron chi connectivity index (χ3n) is 2.75. The van der Waals surface area contributed by atoms with Gasteiger partial charge in [-0.25, -0.2) is 0 Å². The molecule has 3 heterocycles. The second-order valence-electron chi connectivity index (χ2n) is 3.81. The molecule has 0 spiro atoms. The lowest BCUT2D eigenvalue weighted by atomic mass is 10.1. The zero-order chi connectivity index (χ0) is 10.3. The van der Waals surface area contributed by atoms with E-state index in [-0.39, 0.29) is 0 Å². The van der Waals surface area contributed by atoms with Crippen LogP contribution in [0, 0.1) is 0 Å². The quantitative estimate of drug-likeness (QED) is 0.746. The molecule has 3 rings (SSSR count). The summed E-state index contributed by atoms with van der Waals surface area (Å²) in [6, 6.07) is 3.71. The lowest BCUT2D eigenvalue weighted by Gasteiger charge is -2.05. The molecule has 1 fully saturated rings. The number of anilines is 1. The average molecular weight is 204 g/mol. The largest absolute Gasteiger partial charge is 0.398 e. The highest BCUT2D eigenvalue weighted by atomic mass is 16.5. The molecule has 1 aliphatic rings. The molecule has 2 aromatic heterocycles. The van der Waals surface area contributed by atoms with Crippen LogP contribution in [-0.4, -0.2) is 27.8 Å². The molecule has 1 aliphatic heterocycles. The van der Waals surface area contributed by atoms with Gasteiger partial charge in [0.1, 0.15) is 5.82 Å². The maximum absolute atomic E-state index is 5.74.